The summed E-state index contributed by atoms with van der Waals surface area (Å²) in [6, 6.07) is 4.46. The van der Waals surface area contributed by atoms with Crippen LogP contribution < -0.4 is 5.73 Å². The number of hydrogen-bond donors (Lipinski definition) is 1. The van der Waals surface area contributed by atoms with E-state index >= 15 is 0 Å². The Kier molecular flexibility index (Phi) is 2.62. The number of amides is 1. The summed E-state index contributed by atoms with van der Waals surface area (Å²) in [6.45, 7) is 0. The predicted octanol–water partition coefficient (Wildman–Crippen LogP) is 1.68. The van der Waals surface area contributed by atoms with E-state index < -0.39 is 62.5 Å². The number of nitrogens with two attached hydrogens (primary N) is 1. The average molecular weight is 294 g/mol. The van der Waals surface area contributed by atoms with Crippen molar-refractivity contribution in [2.45, 2.75) is 5.25 Å². The fourth-order valence-electron chi connectivity index (χ4n) is 1.85. The zero-order valence-electron chi connectivity index (χ0n) is 15.4. The van der Waals surface area contributed by atoms with Gasteiger partial charge in [-0.15, -0.1) is 0 Å². The van der Waals surface area contributed by atoms with Gasteiger partial charge in [-0.1, -0.05) is 60.5 Å². The number of carbonyl (C=O) groups excluding carboxylic acids is 1. The summed E-state index contributed by atoms with van der Waals surface area (Å²) in [5.41, 5.74) is 4.80. The van der Waals surface area contributed by atoms with E-state index in [2.05, 4.69) is 0 Å². The standard InChI is InChI=1S/C15H15NO3S/c16-14(17)11-20(18,19)15(12-7-3-1-4-8-12)13-9-5-2-6-10-13/h1-10,15H,11H2,(H2,16,17)/i1D,3D,4D,7D,8D. The summed E-state index contributed by atoms with van der Waals surface area (Å²) in [5.74, 6) is -2.09. The van der Waals surface area contributed by atoms with Crippen molar-refractivity contribution in [2.75, 3.05) is 5.75 Å². The third-order valence-electron chi connectivity index (χ3n) is 2.59. The van der Waals surface area contributed by atoms with Gasteiger partial charge in [0, 0.05) is 0 Å². The van der Waals surface area contributed by atoms with Crippen molar-refractivity contribution < 1.29 is 20.1 Å². The van der Waals surface area contributed by atoms with E-state index in [1.807, 2.05) is 0 Å². The van der Waals surface area contributed by atoms with Crippen LogP contribution in [0.4, 0.5) is 0 Å². The molecule has 0 bridgehead atoms. The van der Waals surface area contributed by atoms with Gasteiger partial charge in [0.25, 0.3) is 0 Å². The van der Waals surface area contributed by atoms with Gasteiger partial charge in [0.15, 0.2) is 9.84 Å². The van der Waals surface area contributed by atoms with Crippen molar-refractivity contribution in [2.24, 2.45) is 5.73 Å². The van der Waals surface area contributed by atoms with Gasteiger partial charge in [-0.2, -0.15) is 0 Å². The van der Waals surface area contributed by atoms with Crippen molar-refractivity contribution in [3.05, 3.63) is 71.7 Å². The van der Waals surface area contributed by atoms with Crippen LogP contribution >= 0.6 is 0 Å². The molecule has 0 fully saturated rings. The Morgan fingerprint density at radius 1 is 1.10 bits per heavy atom. The zero-order valence-corrected chi connectivity index (χ0v) is 11.2. The largest absolute Gasteiger partial charge is 0.369 e. The molecule has 0 heterocycles. The minimum absolute atomic E-state index is 0.183. The Morgan fingerprint density at radius 3 is 2.25 bits per heavy atom. The number of rotatable bonds is 5. The van der Waals surface area contributed by atoms with Crippen LogP contribution in [0.1, 0.15) is 23.2 Å². The van der Waals surface area contributed by atoms with E-state index in [1.165, 1.54) is 12.1 Å². The summed E-state index contributed by atoms with van der Waals surface area (Å²) >= 11 is 0. The molecule has 2 N–H and O–H groups in total. The van der Waals surface area contributed by atoms with Crippen LogP contribution in [0.2, 0.25) is 0 Å². The summed E-state index contributed by atoms with van der Waals surface area (Å²) in [4.78, 5) is 11.2. The normalized spacial score (nSPS) is 16.3. The van der Waals surface area contributed by atoms with Crippen molar-refractivity contribution in [1.82, 2.24) is 0 Å². The molecule has 0 radical (unpaired) electrons. The topological polar surface area (TPSA) is 77.2 Å². The number of benzene rings is 2. The molecule has 2 aromatic carbocycles. The second-order valence-corrected chi connectivity index (χ2v) is 6.19. The van der Waals surface area contributed by atoms with Crippen LogP contribution in [0.25, 0.3) is 0 Å². The molecular formula is C15H15NO3S. The highest BCUT2D eigenvalue weighted by Gasteiger charge is 2.30. The summed E-state index contributed by atoms with van der Waals surface area (Å²) < 4.78 is 64.6. The van der Waals surface area contributed by atoms with Crippen molar-refractivity contribution in [3.63, 3.8) is 0 Å². The maximum atomic E-state index is 12.7. The third-order valence-corrected chi connectivity index (χ3v) is 4.50. The molecule has 0 saturated heterocycles. The molecule has 1 atom stereocenters. The monoisotopic (exact) mass is 294 g/mol. The van der Waals surface area contributed by atoms with Gasteiger partial charge in [0.1, 0.15) is 11.0 Å². The molecular weight excluding hydrogens is 274 g/mol. The molecule has 1 unspecified atom stereocenters. The first-order valence-corrected chi connectivity index (χ1v) is 7.41. The second-order valence-electron chi connectivity index (χ2n) is 4.10. The molecule has 2 rings (SSSR count). The van der Waals surface area contributed by atoms with Gasteiger partial charge in [-0.3, -0.25) is 4.79 Å². The third kappa shape index (κ3) is 3.24. The second kappa shape index (κ2) is 5.88. The van der Waals surface area contributed by atoms with E-state index in [-0.39, 0.29) is 5.56 Å². The van der Waals surface area contributed by atoms with Crippen molar-refractivity contribution in [1.29, 1.82) is 0 Å². The van der Waals surface area contributed by atoms with Gasteiger partial charge in [0.05, 0.1) is 6.85 Å². The highest BCUT2D eigenvalue weighted by atomic mass is 32.2. The van der Waals surface area contributed by atoms with Crippen LogP contribution in [-0.4, -0.2) is 20.1 Å². The lowest BCUT2D eigenvalue weighted by atomic mass is 10.0. The lowest BCUT2D eigenvalue weighted by molar-refractivity contribution is -0.115. The minimum Gasteiger partial charge on any atom is -0.369 e. The highest BCUT2D eigenvalue weighted by molar-refractivity contribution is 7.92. The Labute approximate surface area is 125 Å². The molecule has 0 aliphatic carbocycles. The Bertz CT molecular complexity index is 903. The maximum Gasteiger partial charge on any atom is 0.232 e. The van der Waals surface area contributed by atoms with E-state index in [4.69, 9.17) is 12.6 Å². The van der Waals surface area contributed by atoms with Crippen LogP contribution in [0, 0.1) is 0 Å². The Morgan fingerprint density at radius 2 is 1.70 bits per heavy atom. The van der Waals surface area contributed by atoms with E-state index in [0.29, 0.717) is 0 Å². The summed E-state index contributed by atoms with van der Waals surface area (Å²) in [5, 5.41) is -1.60. The number of hydrogen-bond acceptors (Lipinski definition) is 3. The van der Waals surface area contributed by atoms with Gasteiger partial charge >= 0.3 is 0 Å². The zero-order chi connectivity index (χ0) is 18.9. The summed E-state index contributed by atoms with van der Waals surface area (Å²) in [7, 11) is -4.26. The first-order chi connectivity index (χ1) is 11.6. The molecule has 0 spiro atoms. The van der Waals surface area contributed by atoms with Crippen LogP contribution in [-0.2, 0) is 14.6 Å². The van der Waals surface area contributed by atoms with Crippen LogP contribution in [0.3, 0.4) is 0 Å². The van der Waals surface area contributed by atoms with Crippen LogP contribution in [0.15, 0.2) is 60.5 Å². The molecule has 0 aromatic heterocycles. The van der Waals surface area contributed by atoms with Gasteiger partial charge in [-0.25, -0.2) is 8.42 Å². The fraction of sp³-hybridized carbons (Fsp3) is 0.133. The molecule has 104 valence electrons. The minimum atomic E-state index is -4.26. The average Bonchev–Trinajstić information content (AvgIpc) is 2.54. The van der Waals surface area contributed by atoms with Gasteiger partial charge < -0.3 is 5.73 Å². The number of sulfone groups is 1. The quantitative estimate of drug-likeness (QED) is 0.911. The van der Waals surface area contributed by atoms with E-state index in [0.717, 1.165) is 0 Å². The predicted molar refractivity (Wildman–Crippen MR) is 77.7 cm³/mol. The molecule has 5 heteroatoms. The molecule has 20 heavy (non-hydrogen) atoms. The van der Waals surface area contributed by atoms with Gasteiger partial charge in [0.2, 0.25) is 5.91 Å². The van der Waals surface area contributed by atoms with Crippen molar-refractivity contribution in [3.8, 4) is 0 Å². The van der Waals surface area contributed by atoms with E-state index in [9.17, 15) is 13.2 Å². The van der Waals surface area contributed by atoms with Gasteiger partial charge in [-0.05, 0) is 11.1 Å². The highest BCUT2D eigenvalue weighted by Crippen LogP contribution is 2.30. The first-order valence-electron chi connectivity index (χ1n) is 8.19. The molecule has 1 amide bonds. The Balaban J connectivity index is 2.86. The number of primary amides is 1. The molecule has 2 aromatic rings. The molecule has 0 aliphatic heterocycles. The smallest absolute Gasteiger partial charge is 0.232 e. The lowest BCUT2D eigenvalue weighted by Crippen LogP contribution is -2.27. The fourth-order valence-corrected chi connectivity index (χ4v) is 3.47. The van der Waals surface area contributed by atoms with Crippen LogP contribution in [0.5, 0.6) is 0 Å². The van der Waals surface area contributed by atoms with Crippen molar-refractivity contribution >= 4 is 15.7 Å². The first kappa shape index (κ1) is 8.92. The number of carbonyl (C=O) groups is 1. The summed E-state index contributed by atoms with van der Waals surface area (Å²) in [6.07, 6.45) is 0. The van der Waals surface area contributed by atoms with E-state index in [1.54, 1.807) is 18.2 Å². The molecule has 4 nitrogen and oxygen atoms in total. The lowest BCUT2D eigenvalue weighted by Gasteiger charge is -2.17. The SMILES string of the molecule is [2H]c1c([2H])c([2H])c(C(c2ccccc2)S(=O)(=O)CC(N)=O)c([2H])c1[2H]. The molecule has 0 saturated carbocycles. The maximum absolute atomic E-state index is 12.7. The molecule has 0 aliphatic rings. The Hall–Kier alpha value is -2.14.